The highest BCUT2D eigenvalue weighted by molar-refractivity contribution is 6.14. The summed E-state index contributed by atoms with van der Waals surface area (Å²) in [6.07, 6.45) is -0.776. The molecule has 0 fully saturated rings. The first-order chi connectivity index (χ1) is 14.6. The first-order valence-corrected chi connectivity index (χ1v) is 9.42. The number of hydrogen-bond donors (Lipinski definition) is 0. The molecule has 1 atom stereocenters. The quantitative estimate of drug-likeness (QED) is 0.340. The molecule has 0 aliphatic heterocycles. The molecule has 4 aromatic rings. The van der Waals surface area contributed by atoms with Gasteiger partial charge in [0.2, 0.25) is 5.89 Å². The second-order valence-corrected chi connectivity index (χ2v) is 6.60. The number of ether oxygens (including phenoxy) is 1. The highest BCUT2D eigenvalue weighted by atomic mass is 16.6. The smallest absolute Gasteiger partial charge is 0.339 e. The second-order valence-electron chi connectivity index (χ2n) is 6.60. The fourth-order valence-electron chi connectivity index (χ4n) is 2.97. The van der Waals surface area contributed by atoms with Gasteiger partial charge in [-0.3, -0.25) is 4.79 Å². The lowest BCUT2D eigenvalue weighted by atomic mass is 9.98. The van der Waals surface area contributed by atoms with Crippen molar-refractivity contribution in [2.45, 2.75) is 13.0 Å². The summed E-state index contributed by atoms with van der Waals surface area (Å²) in [5, 5.41) is 7.99. The van der Waals surface area contributed by atoms with Crippen LogP contribution in [0.2, 0.25) is 0 Å². The molecule has 0 radical (unpaired) electrons. The van der Waals surface area contributed by atoms with Crippen molar-refractivity contribution >= 4 is 11.8 Å². The molecule has 1 heterocycles. The van der Waals surface area contributed by atoms with Crippen LogP contribution in [0, 0.1) is 0 Å². The van der Waals surface area contributed by atoms with Gasteiger partial charge < -0.3 is 9.15 Å². The van der Waals surface area contributed by atoms with Crippen molar-refractivity contribution in [1.29, 1.82) is 0 Å². The molecule has 0 bridgehead atoms. The van der Waals surface area contributed by atoms with Gasteiger partial charge in [0.25, 0.3) is 5.89 Å². The molecule has 0 saturated carbocycles. The van der Waals surface area contributed by atoms with E-state index in [4.69, 9.17) is 9.15 Å². The van der Waals surface area contributed by atoms with E-state index in [1.807, 2.05) is 36.4 Å². The van der Waals surface area contributed by atoms with Gasteiger partial charge in [0.05, 0.1) is 5.56 Å². The van der Waals surface area contributed by atoms with E-state index < -0.39 is 12.1 Å². The predicted octanol–water partition coefficient (Wildman–Crippen LogP) is 4.89. The topological polar surface area (TPSA) is 82.3 Å². The largest absolute Gasteiger partial charge is 0.449 e. The fourth-order valence-corrected chi connectivity index (χ4v) is 2.97. The van der Waals surface area contributed by atoms with Crippen LogP contribution in [0.25, 0.3) is 11.5 Å². The molecule has 0 saturated heterocycles. The number of carbonyl (C=O) groups excluding carboxylic acids is 2. The molecular formula is C24H18N2O4. The number of ketones is 1. The van der Waals surface area contributed by atoms with Gasteiger partial charge in [0.1, 0.15) is 0 Å². The minimum absolute atomic E-state index is 0.175. The number of rotatable bonds is 6. The van der Waals surface area contributed by atoms with Crippen molar-refractivity contribution in [2.75, 3.05) is 0 Å². The minimum atomic E-state index is -0.776. The Kier molecular flexibility index (Phi) is 5.48. The fraction of sp³-hybridized carbons (Fsp3) is 0.0833. The Morgan fingerprint density at radius 3 is 2.10 bits per heavy atom. The molecule has 3 aromatic carbocycles. The van der Waals surface area contributed by atoms with Crippen LogP contribution in [0.15, 0.2) is 89.3 Å². The van der Waals surface area contributed by atoms with Crippen LogP contribution in [-0.2, 0) is 4.74 Å². The Morgan fingerprint density at radius 1 is 0.800 bits per heavy atom. The van der Waals surface area contributed by atoms with Gasteiger partial charge in [-0.1, -0.05) is 66.7 Å². The van der Waals surface area contributed by atoms with E-state index in [0.717, 1.165) is 5.56 Å². The lowest BCUT2D eigenvalue weighted by Crippen LogP contribution is -2.14. The molecule has 0 unspecified atom stereocenters. The number of hydrogen-bond acceptors (Lipinski definition) is 6. The lowest BCUT2D eigenvalue weighted by Gasteiger charge is -2.12. The van der Waals surface area contributed by atoms with E-state index in [-0.39, 0.29) is 22.8 Å². The van der Waals surface area contributed by atoms with Crippen LogP contribution in [0.3, 0.4) is 0 Å². The van der Waals surface area contributed by atoms with Crippen LogP contribution in [0.4, 0.5) is 0 Å². The molecule has 30 heavy (non-hydrogen) atoms. The molecule has 6 heteroatoms. The highest BCUT2D eigenvalue weighted by Gasteiger charge is 2.23. The summed E-state index contributed by atoms with van der Waals surface area (Å²) >= 11 is 0. The number of esters is 1. The summed E-state index contributed by atoms with van der Waals surface area (Å²) in [5.74, 6) is -0.371. The van der Waals surface area contributed by atoms with Crippen LogP contribution in [-0.4, -0.2) is 21.9 Å². The normalized spacial score (nSPS) is 11.6. The van der Waals surface area contributed by atoms with Crippen LogP contribution in [0.5, 0.6) is 0 Å². The summed E-state index contributed by atoms with van der Waals surface area (Å²) in [5.41, 5.74) is 1.72. The summed E-state index contributed by atoms with van der Waals surface area (Å²) in [4.78, 5) is 25.6. The minimum Gasteiger partial charge on any atom is -0.449 e. The standard InChI is InChI=1S/C24H18N2O4/c1-16(22-25-26-23(30-22)18-12-6-3-7-13-18)29-24(28)20-15-9-8-14-19(20)21(27)17-10-4-2-5-11-17/h2-16H,1H3/t16-/m1/s1. The molecule has 0 amide bonds. The first-order valence-electron chi connectivity index (χ1n) is 9.42. The van der Waals surface area contributed by atoms with Crippen molar-refractivity contribution in [2.24, 2.45) is 0 Å². The molecular weight excluding hydrogens is 380 g/mol. The third-order valence-electron chi connectivity index (χ3n) is 4.52. The van der Waals surface area contributed by atoms with Crippen molar-refractivity contribution < 1.29 is 18.7 Å². The Balaban J connectivity index is 1.54. The molecule has 0 N–H and O–H groups in total. The van der Waals surface area contributed by atoms with Crippen LogP contribution >= 0.6 is 0 Å². The number of nitrogens with zero attached hydrogens (tertiary/aromatic N) is 2. The summed E-state index contributed by atoms with van der Waals surface area (Å²) in [7, 11) is 0. The lowest BCUT2D eigenvalue weighted by molar-refractivity contribution is 0.0278. The SMILES string of the molecule is C[C@@H](OC(=O)c1ccccc1C(=O)c1ccccc1)c1nnc(-c2ccccc2)o1. The molecule has 4 rings (SSSR count). The van der Waals surface area contributed by atoms with Gasteiger partial charge >= 0.3 is 5.97 Å². The molecule has 0 aliphatic carbocycles. The summed E-state index contributed by atoms with van der Waals surface area (Å²) < 4.78 is 11.2. The van der Waals surface area contributed by atoms with Crippen molar-refractivity contribution in [3.8, 4) is 11.5 Å². The van der Waals surface area contributed by atoms with E-state index >= 15 is 0 Å². The molecule has 1 aromatic heterocycles. The zero-order valence-corrected chi connectivity index (χ0v) is 16.2. The third kappa shape index (κ3) is 4.03. The number of aromatic nitrogens is 2. The van der Waals surface area contributed by atoms with Gasteiger partial charge in [-0.25, -0.2) is 4.79 Å². The first kappa shape index (κ1) is 19.3. The van der Waals surface area contributed by atoms with E-state index in [1.165, 1.54) is 0 Å². The van der Waals surface area contributed by atoms with E-state index in [2.05, 4.69) is 10.2 Å². The summed E-state index contributed by atoms with van der Waals surface area (Å²) in [6, 6.07) is 24.7. The maximum absolute atomic E-state index is 12.8. The Bertz CT molecular complexity index is 1170. The number of benzene rings is 3. The number of carbonyl (C=O) groups is 2. The average Bonchev–Trinajstić information content (AvgIpc) is 3.30. The Hall–Kier alpha value is -4.06. The zero-order chi connectivity index (χ0) is 20.9. The van der Waals surface area contributed by atoms with Crippen molar-refractivity contribution in [1.82, 2.24) is 10.2 Å². The van der Waals surface area contributed by atoms with E-state index in [1.54, 1.807) is 55.5 Å². The molecule has 0 spiro atoms. The predicted molar refractivity (Wildman–Crippen MR) is 110 cm³/mol. The molecule has 0 aliphatic rings. The second kappa shape index (κ2) is 8.53. The van der Waals surface area contributed by atoms with Gasteiger partial charge in [-0.2, -0.15) is 0 Å². The van der Waals surface area contributed by atoms with Gasteiger partial charge in [-0.05, 0) is 25.1 Å². The zero-order valence-electron chi connectivity index (χ0n) is 16.2. The maximum Gasteiger partial charge on any atom is 0.339 e. The van der Waals surface area contributed by atoms with Gasteiger partial charge in [-0.15, -0.1) is 10.2 Å². The van der Waals surface area contributed by atoms with Crippen molar-refractivity contribution in [3.63, 3.8) is 0 Å². The Morgan fingerprint density at radius 2 is 1.40 bits per heavy atom. The average molecular weight is 398 g/mol. The summed E-state index contributed by atoms with van der Waals surface area (Å²) in [6.45, 7) is 1.64. The Labute approximate surface area is 173 Å². The van der Waals surface area contributed by atoms with Crippen molar-refractivity contribution in [3.05, 3.63) is 108 Å². The third-order valence-corrected chi connectivity index (χ3v) is 4.52. The molecule has 148 valence electrons. The monoisotopic (exact) mass is 398 g/mol. The van der Waals surface area contributed by atoms with E-state index in [9.17, 15) is 9.59 Å². The van der Waals surface area contributed by atoms with Gasteiger partial charge in [0, 0.05) is 16.7 Å². The highest BCUT2D eigenvalue weighted by Crippen LogP contribution is 2.24. The van der Waals surface area contributed by atoms with Gasteiger partial charge in [0.15, 0.2) is 11.9 Å². The van der Waals surface area contributed by atoms with Crippen LogP contribution < -0.4 is 0 Å². The molecule has 6 nitrogen and oxygen atoms in total. The maximum atomic E-state index is 12.8. The van der Waals surface area contributed by atoms with E-state index in [0.29, 0.717) is 11.5 Å². The van der Waals surface area contributed by atoms with Crippen LogP contribution in [0.1, 0.15) is 45.2 Å².